The van der Waals surface area contributed by atoms with Gasteiger partial charge in [-0.3, -0.25) is 4.68 Å². The fourth-order valence-electron chi connectivity index (χ4n) is 0.705. The first-order chi connectivity index (χ1) is 4.93. The lowest BCUT2D eigenvalue weighted by Gasteiger charge is -1.99. The summed E-state index contributed by atoms with van der Waals surface area (Å²) in [6.07, 6.45) is 3.72. The molecule has 10 heavy (non-hydrogen) atoms. The van der Waals surface area contributed by atoms with Crippen LogP contribution >= 0.6 is 12.6 Å². The van der Waals surface area contributed by atoms with Gasteiger partial charge in [0.2, 0.25) is 0 Å². The van der Waals surface area contributed by atoms with E-state index in [1.54, 1.807) is 6.20 Å². The van der Waals surface area contributed by atoms with E-state index in [4.69, 9.17) is 0 Å². The van der Waals surface area contributed by atoms with Crippen LogP contribution < -0.4 is 5.32 Å². The van der Waals surface area contributed by atoms with E-state index in [9.17, 15) is 0 Å². The first-order valence-corrected chi connectivity index (χ1v) is 3.86. The zero-order chi connectivity index (χ0) is 7.23. The average molecular weight is 157 g/mol. The lowest BCUT2D eigenvalue weighted by Crippen LogP contribution is -2.18. The van der Waals surface area contributed by atoms with Crippen molar-refractivity contribution >= 4 is 12.6 Å². The number of hydrogen-bond acceptors (Lipinski definition) is 3. The minimum absolute atomic E-state index is 0.723. The molecule has 0 amide bonds. The minimum Gasteiger partial charge on any atom is -0.306 e. The summed E-state index contributed by atoms with van der Waals surface area (Å²) >= 11 is 4.01. The predicted octanol–water partition coefficient (Wildman–Crippen LogP) is 0.360. The van der Waals surface area contributed by atoms with Crippen LogP contribution in [0.25, 0.3) is 0 Å². The second-order valence-corrected chi connectivity index (χ2v) is 2.24. The highest BCUT2D eigenvalue weighted by Crippen LogP contribution is 1.81. The van der Waals surface area contributed by atoms with Gasteiger partial charge in [-0.15, -0.1) is 0 Å². The van der Waals surface area contributed by atoms with Crippen molar-refractivity contribution in [3.05, 3.63) is 18.5 Å². The second kappa shape index (κ2) is 4.35. The molecule has 1 aromatic heterocycles. The van der Waals surface area contributed by atoms with E-state index in [1.165, 1.54) is 0 Å². The van der Waals surface area contributed by atoms with Crippen LogP contribution in [-0.4, -0.2) is 22.2 Å². The molecule has 0 fully saturated rings. The Bertz CT molecular complexity index is 162. The van der Waals surface area contributed by atoms with Crippen LogP contribution in [-0.2, 0) is 6.54 Å². The van der Waals surface area contributed by atoms with Gasteiger partial charge in [0.15, 0.2) is 0 Å². The summed E-state index contributed by atoms with van der Waals surface area (Å²) in [7, 11) is 0. The number of nitrogens with zero attached hydrogens (tertiary/aromatic N) is 2. The highest BCUT2D eigenvalue weighted by molar-refractivity contribution is 7.80. The smallest absolute Gasteiger partial charge is 0.0534 e. The maximum atomic E-state index is 4.04. The molecular formula is C6H11N3S. The molecule has 0 aliphatic heterocycles. The Kier molecular flexibility index (Phi) is 3.32. The Balaban J connectivity index is 2.15. The molecule has 1 N–H and O–H groups in total. The Morgan fingerprint density at radius 3 is 3.10 bits per heavy atom. The Labute approximate surface area is 65.8 Å². The van der Waals surface area contributed by atoms with E-state index >= 15 is 0 Å². The number of hydrogen-bond donors (Lipinski definition) is 2. The first-order valence-electron chi connectivity index (χ1n) is 3.22. The molecule has 0 aliphatic carbocycles. The topological polar surface area (TPSA) is 29.9 Å². The van der Waals surface area contributed by atoms with Crippen LogP contribution in [0.1, 0.15) is 0 Å². The highest BCUT2D eigenvalue weighted by Gasteiger charge is 1.86. The maximum Gasteiger partial charge on any atom is 0.0534 e. The summed E-state index contributed by atoms with van der Waals surface area (Å²) in [6.45, 7) is 1.83. The second-order valence-electron chi connectivity index (χ2n) is 1.93. The van der Waals surface area contributed by atoms with E-state index in [0.29, 0.717) is 0 Å². The number of rotatable bonds is 4. The van der Waals surface area contributed by atoms with Gasteiger partial charge in [-0.25, -0.2) is 0 Å². The van der Waals surface area contributed by atoms with Crippen molar-refractivity contribution < 1.29 is 0 Å². The van der Waals surface area contributed by atoms with Crippen LogP contribution in [0.5, 0.6) is 0 Å². The van der Waals surface area contributed by atoms with Gasteiger partial charge < -0.3 is 5.32 Å². The van der Waals surface area contributed by atoms with Crippen molar-refractivity contribution in [2.45, 2.75) is 6.54 Å². The third-order valence-electron chi connectivity index (χ3n) is 1.19. The molecule has 0 saturated heterocycles. The molecule has 56 valence electrons. The molecule has 0 radical (unpaired) electrons. The molecule has 0 saturated carbocycles. The van der Waals surface area contributed by atoms with Crippen LogP contribution in [0.2, 0.25) is 0 Å². The SMILES string of the molecule is SCNCCn1cccn1. The van der Waals surface area contributed by atoms with Gasteiger partial charge in [0, 0.05) is 24.8 Å². The van der Waals surface area contributed by atoms with Crippen molar-refractivity contribution in [2.24, 2.45) is 0 Å². The molecule has 1 rings (SSSR count). The van der Waals surface area contributed by atoms with Gasteiger partial charge in [0.25, 0.3) is 0 Å². The van der Waals surface area contributed by atoms with Crippen LogP contribution in [0, 0.1) is 0 Å². The number of nitrogens with one attached hydrogen (secondary N) is 1. The van der Waals surface area contributed by atoms with E-state index in [2.05, 4.69) is 23.0 Å². The summed E-state index contributed by atoms with van der Waals surface area (Å²) < 4.78 is 1.89. The Morgan fingerprint density at radius 2 is 2.50 bits per heavy atom. The zero-order valence-corrected chi connectivity index (χ0v) is 6.59. The predicted molar refractivity (Wildman–Crippen MR) is 44.1 cm³/mol. The van der Waals surface area contributed by atoms with Gasteiger partial charge in [0.05, 0.1) is 6.54 Å². The summed E-state index contributed by atoms with van der Waals surface area (Å²) in [5, 5.41) is 7.13. The molecule has 0 spiro atoms. The number of aromatic nitrogens is 2. The van der Waals surface area contributed by atoms with Crippen molar-refractivity contribution in [3.63, 3.8) is 0 Å². The van der Waals surface area contributed by atoms with Crippen molar-refractivity contribution in [1.29, 1.82) is 0 Å². The van der Waals surface area contributed by atoms with Gasteiger partial charge in [0.1, 0.15) is 0 Å². The third kappa shape index (κ3) is 2.41. The van der Waals surface area contributed by atoms with Crippen molar-refractivity contribution in [1.82, 2.24) is 15.1 Å². The molecule has 0 aliphatic rings. The summed E-state index contributed by atoms with van der Waals surface area (Å²) in [5.41, 5.74) is 0. The number of thiol groups is 1. The normalized spacial score (nSPS) is 10.1. The van der Waals surface area contributed by atoms with Gasteiger partial charge >= 0.3 is 0 Å². The molecular weight excluding hydrogens is 146 g/mol. The molecule has 0 atom stereocenters. The maximum absolute atomic E-state index is 4.04. The van der Waals surface area contributed by atoms with E-state index in [1.807, 2.05) is 16.9 Å². The fourth-order valence-corrected chi connectivity index (χ4v) is 0.863. The molecule has 0 unspecified atom stereocenters. The monoisotopic (exact) mass is 157 g/mol. The summed E-state index contributed by atoms with van der Waals surface area (Å²) in [6, 6.07) is 1.92. The average Bonchev–Trinajstić information content (AvgIpc) is 2.41. The molecule has 3 nitrogen and oxygen atoms in total. The zero-order valence-electron chi connectivity index (χ0n) is 5.70. The standard InChI is InChI=1S/C6H11N3S/c10-6-7-3-5-9-4-1-2-8-9/h1-2,4,7,10H,3,5-6H2. The van der Waals surface area contributed by atoms with Crippen LogP contribution in [0.3, 0.4) is 0 Å². The quantitative estimate of drug-likeness (QED) is 0.375. The highest BCUT2D eigenvalue weighted by atomic mass is 32.1. The molecule has 0 bridgehead atoms. The van der Waals surface area contributed by atoms with E-state index in [0.717, 1.165) is 19.0 Å². The lowest BCUT2D eigenvalue weighted by atomic mass is 10.6. The van der Waals surface area contributed by atoms with Gasteiger partial charge in [-0.05, 0) is 6.07 Å². The Hall–Kier alpha value is -0.480. The molecule has 4 heteroatoms. The van der Waals surface area contributed by atoms with E-state index in [-0.39, 0.29) is 0 Å². The van der Waals surface area contributed by atoms with Gasteiger partial charge in [-0.2, -0.15) is 17.7 Å². The van der Waals surface area contributed by atoms with Gasteiger partial charge in [-0.1, -0.05) is 0 Å². The van der Waals surface area contributed by atoms with Crippen molar-refractivity contribution in [3.8, 4) is 0 Å². The van der Waals surface area contributed by atoms with Crippen molar-refractivity contribution in [2.75, 3.05) is 12.4 Å². The minimum atomic E-state index is 0.723. The lowest BCUT2D eigenvalue weighted by molar-refractivity contribution is 0.581. The largest absolute Gasteiger partial charge is 0.306 e. The van der Waals surface area contributed by atoms with Crippen LogP contribution in [0.15, 0.2) is 18.5 Å². The summed E-state index contributed by atoms with van der Waals surface area (Å²) in [4.78, 5) is 0. The fraction of sp³-hybridized carbons (Fsp3) is 0.500. The molecule has 0 aromatic carbocycles. The van der Waals surface area contributed by atoms with E-state index < -0.39 is 0 Å². The summed E-state index contributed by atoms with van der Waals surface area (Å²) in [5.74, 6) is 0.723. The molecule has 1 aromatic rings. The molecule has 1 heterocycles. The Morgan fingerprint density at radius 1 is 1.60 bits per heavy atom. The third-order valence-corrected chi connectivity index (χ3v) is 1.41. The van der Waals surface area contributed by atoms with Crippen LogP contribution in [0.4, 0.5) is 0 Å². The first kappa shape index (κ1) is 7.63.